The maximum Gasteiger partial charge on any atom is 0.343 e. The number of hydrogen-bond acceptors (Lipinski definition) is 10. The minimum absolute atomic E-state index is 0.0349. The number of nitrogens with zero attached hydrogens (tertiary/aromatic N) is 2. The zero-order valence-electron chi connectivity index (χ0n) is 35.0. The lowest BCUT2D eigenvalue weighted by Gasteiger charge is -2.62. The number of piperidine rings is 1. The minimum atomic E-state index is -2.11. The molecule has 1 aromatic heterocycles. The number of hydrogen-bond donors (Lipinski definition) is 3. The Hall–Kier alpha value is -3.94. The van der Waals surface area contributed by atoms with Crippen molar-refractivity contribution in [1.29, 1.82) is 0 Å². The highest BCUT2D eigenvalue weighted by Crippen LogP contribution is 2.71. The molecule has 2 saturated heterocycles. The number of rotatable bonds is 8. The van der Waals surface area contributed by atoms with E-state index in [1.54, 1.807) is 40.7 Å². The smallest absolute Gasteiger partial charge is 0.343 e. The van der Waals surface area contributed by atoms with Crippen LogP contribution >= 0.6 is 0 Å². The van der Waals surface area contributed by atoms with Crippen molar-refractivity contribution in [3.8, 4) is 5.75 Å². The van der Waals surface area contributed by atoms with E-state index in [-0.39, 0.29) is 53.0 Å². The fraction of sp³-hybridized carbons (Fsp3) is 0.652. The molecule has 13 heteroatoms. The first-order valence-electron chi connectivity index (χ1n) is 21.6. The van der Waals surface area contributed by atoms with Crippen molar-refractivity contribution in [2.75, 3.05) is 38.3 Å². The van der Waals surface area contributed by atoms with E-state index < -0.39 is 75.6 Å². The fourth-order valence-corrected chi connectivity index (χ4v) is 13.2. The third-order valence-electron chi connectivity index (χ3n) is 16.4. The zero-order chi connectivity index (χ0) is 42.1. The fourth-order valence-electron chi connectivity index (χ4n) is 13.2. The van der Waals surface area contributed by atoms with E-state index in [0.717, 1.165) is 32.2 Å². The Morgan fingerprint density at radius 2 is 1.83 bits per heavy atom. The van der Waals surface area contributed by atoms with Crippen LogP contribution in [-0.4, -0.2) is 89.1 Å². The molecule has 7 aliphatic rings. The number of allylic oxidation sites excluding steroid dienone is 4. The highest BCUT2D eigenvalue weighted by molar-refractivity contribution is 6.02. The first-order chi connectivity index (χ1) is 27.9. The zero-order valence-corrected chi connectivity index (χ0v) is 35.0. The Bertz CT molecular complexity index is 2290. The minimum Gasteiger partial charge on any atom is -0.492 e. The number of alkyl halides is 1. The van der Waals surface area contributed by atoms with Gasteiger partial charge in [-0.2, -0.15) is 0 Å². The number of carbonyl (C=O) groups excluding carboxylic acids is 3. The van der Waals surface area contributed by atoms with Crippen molar-refractivity contribution >= 4 is 34.1 Å². The van der Waals surface area contributed by atoms with E-state index in [1.807, 2.05) is 9.47 Å². The van der Waals surface area contributed by atoms with E-state index in [0.29, 0.717) is 60.7 Å². The molecule has 5 aliphatic carbocycles. The molecule has 3 N–H and O–H groups in total. The molecular formula is C46H57F2N3O8. The van der Waals surface area contributed by atoms with Crippen molar-refractivity contribution in [2.24, 2.45) is 34.5 Å². The Morgan fingerprint density at radius 3 is 2.53 bits per heavy atom. The SMILES string of the molecule is COc1c(N2CC3CCCNC3C2)c(F)c(C)c2c(=O)c(C(=O)OCCC(=O)[C@@]3(O)[C@H](C)C[C@H]4[C@@H]5CCC6=CC(=O)C=C[C@]6(C)[C@@]5(F)[C@@H](O)C[C@@]43C)c(C)n(C3CC3)c12. The van der Waals surface area contributed by atoms with Crippen molar-refractivity contribution in [2.45, 2.75) is 122 Å². The Morgan fingerprint density at radius 1 is 1.08 bits per heavy atom. The second-order valence-corrected chi connectivity index (χ2v) is 19.3. The van der Waals surface area contributed by atoms with Crippen molar-refractivity contribution < 1.29 is 42.9 Å². The van der Waals surface area contributed by atoms with Gasteiger partial charge in [-0.05, 0) is 109 Å². The summed E-state index contributed by atoms with van der Waals surface area (Å²) in [6.07, 6.45) is 7.25. The summed E-state index contributed by atoms with van der Waals surface area (Å²) in [6, 6.07) is 0.202. The number of carbonyl (C=O) groups is 3. The van der Waals surface area contributed by atoms with Gasteiger partial charge < -0.3 is 34.5 Å². The number of aryl methyl sites for hydroxylation is 1. The van der Waals surface area contributed by atoms with Gasteiger partial charge in [0, 0.05) is 59.6 Å². The number of aliphatic hydroxyl groups excluding tert-OH is 1. The molecule has 4 saturated carbocycles. The average molecular weight is 818 g/mol. The number of aliphatic hydroxyl groups is 2. The maximum atomic E-state index is 17.6. The summed E-state index contributed by atoms with van der Waals surface area (Å²) in [5.74, 6) is -3.36. The van der Waals surface area contributed by atoms with Gasteiger partial charge in [0.15, 0.2) is 28.8 Å². The normalized spacial score (nSPS) is 37.4. The van der Waals surface area contributed by atoms with Gasteiger partial charge in [-0.25, -0.2) is 13.6 Å². The molecular weight excluding hydrogens is 761 g/mol. The molecule has 2 aliphatic heterocycles. The summed E-state index contributed by atoms with van der Waals surface area (Å²) < 4.78 is 47.9. The molecule has 0 amide bonds. The third-order valence-corrected chi connectivity index (χ3v) is 16.4. The number of methoxy groups -OCH3 is 1. The molecule has 1 aromatic carbocycles. The van der Waals surface area contributed by atoms with E-state index in [9.17, 15) is 29.4 Å². The highest BCUT2D eigenvalue weighted by atomic mass is 19.1. The van der Waals surface area contributed by atoms with Crippen LogP contribution in [0.2, 0.25) is 0 Å². The van der Waals surface area contributed by atoms with Gasteiger partial charge >= 0.3 is 5.97 Å². The van der Waals surface area contributed by atoms with Gasteiger partial charge in [0.1, 0.15) is 16.9 Å². The number of esters is 1. The van der Waals surface area contributed by atoms with Gasteiger partial charge in [-0.1, -0.05) is 25.5 Å². The topological polar surface area (TPSA) is 147 Å². The number of ketones is 2. The first kappa shape index (κ1) is 40.5. The monoisotopic (exact) mass is 817 g/mol. The number of Topliss-reactive ketones (excluding diaryl/α,β-unsaturated/α-hetero) is 1. The molecule has 0 bridgehead atoms. The quantitative estimate of drug-likeness (QED) is 0.282. The lowest BCUT2D eigenvalue weighted by Crippen LogP contribution is -2.69. The molecule has 10 atom stereocenters. The molecule has 0 spiro atoms. The molecule has 59 heavy (non-hydrogen) atoms. The number of ether oxygens (including phenoxy) is 2. The maximum absolute atomic E-state index is 17.6. The second kappa shape index (κ2) is 13.8. The van der Waals surface area contributed by atoms with Gasteiger partial charge in [0.2, 0.25) is 5.43 Å². The summed E-state index contributed by atoms with van der Waals surface area (Å²) in [4.78, 5) is 56.9. The number of fused-ring (bicyclic) bond motifs is 7. The standard InChI is InChI=1S/C46H57F2N3O8/c1-23-18-31-30-12-9-27-19-29(52)13-15-43(27,4)45(30,48)34(54)20-44(31,5)46(23,57)33(53)14-17-59-42(56)36-25(3)51(28-10-11-28)38-35(40(36)55)24(2)37(47)39(41(38)58-6)50-21-26-8-7-16-49-32(26)22-50/h13,15,19,23,26,28,30-32,34,49,54,57H,7-12,14,16-18,20-22H2,1-6H3/t23-,26?,30+,31+,32?,34+,43+,44+,45+,46+/m1/s1. The van der Waals surface area contributed by atoms with Crippen LogP contribution in [0, 0.1) is 54.2 Å². The molecule has 318 valence electrons. The summed E-state index contributed by atoms with van der Waals surface area (Å²) >= 11 is 0. The van der Waals surface area contributed by atoms with Crippen molar-refractivity contribution in [3.63, 3.8) is 0 Å². The number of benzene rings is 1. The summed E-state index contributed by atoms with van der Waals surface area (Å²) in [5.41, 5.74) is -5.43. The van der Waals surface area contributed by atoms with Gasteiger partial charge in [-0.3, -0.25) is 14.4 Å². The van der Waals surface area contributed by atoms with Crippen molar-refractivity contribution in [3.05, 3.63) is 56.7 Å². The van der Waals surface area contributed by atoms with E-state index in [4.69, 9.17) is 9.47 Å². The van der Waals surface area contributed by atoms with Gasteiger partial charge in [-0.15, -0.1) is 0 Å². The first-order valence-corrected chi connectivity index (χ1v) is 21.6. The van der Waals surface area contributed by atoms with E-state index in [1.165, 1.54) is 19.3 Å². The lowest BCUT2D eigenvalue weighted by molar-refractivity contribution is -0.219. The molecule has 2 aromatic rings. The van der Waals surface area contributed by atoms with Crippen molar-refractivity contribution in [1.82, 2.24) is 9.88 Å². The summed E-state index contributed by atoms with van der Waals surface area (Å²) in [7, 11) is 1.48. The number of nitrogens with one attached hydrogen (secondary N) is 1. The number of pyridine rings is 1. The molecule has 0 radical (unpaired) electrons. The van der Waals surface area contributed by atoms with Crippen LogP contribution in [0.5, 0.6) is 5.75 Å². The Labute approximate surface area is 343 Å². The van der Waals surface area contributed by atoms with Crippen LogP contribution < -0.4 is 20.4 Å². The Kier molecular flexibility index (Phi) is 9.46. The van der Waals surface area contributed by atoms with Crippen LogP contribution in [0.4, 0.5) is 14.5 Å². The van der Waals surface area contributed by atoms with Crippen LogP contribution in [0.15, 0.2) is 28.6 Å². The van der Waals surface area contributed by atoms with Crippen LogP contribution in [-0.2, 0) is 14.3 Å². The van der Waals surface area contributed by atoms with E-state index >= 15 is 8.78 Å². The number of aromatic nitrogens is 1. The predicted octanol–water partition coefficient (Wildman–Crippen LogP) is 5.75. The van der Waals surface area contributed by atoms with E-state index in [2.05, 4.69) is 5.32 Å². The Balaban J connectivity index is 0.985. The second-order valence-electron chi connectivity index (χ2n) is 19.3. The number of halogens is 2. The molecule has 3 heterocycles. The average Bonchev–Trinajstić information content (AvgIpc) is 3.90. The van der Waals surface area contributed by atoms with Crippen LogP contribution in [0.25, 0.3) is 10.9 Å². The largest absolute Gasteiger partial charge is 0.492 e. The predicted molar refractivity (Wildman–Crippen MR) is 217 cm³/mol. The molecule has 6 fully saturated rings. The highest BCUT2D eigenvalue weighted by Gasteiger charge is 2.75. The number of anilines is 1. The summed E-state index contributed by atoms with van der Waals surface area (Å²) in [6.45, 7) is 10.3. The molecule has 9 rings (SSSR count). The summed E-state index contributed by atoms with van der Waals surface area (Å²) in [5, 5.41) is 27.8. The third kappa shape index (κ3) is 5.44. The van der Waals surface area contributed by atoms with Crippen LogP contribution in [0.1, 0.15) is 106 Å². The lowest BCUT2D eigenvalue weighted by atomic mass is 9.44. The molecule has 2 unspecified atom stereocenters. The molecule has 11 nitrogen and oxygen atoms in total. The van der Waals surface area contributed by atoms with Gasteiger partial charge in [0.05, 0.1) is 30.7 Å². The van der Waals surface area contributed by atoms with Crippen LogP contribution in [0.3, 0.4) is 0 Å². The van der Waals surface area contributed by atoms with Gasteiger partial charge in [0.25, 0.3) is 0 Å².